The Hall–Kier alpha value is -3.20. The van der Waals surface area contributed by atoms with Crippen molar-refractivity contribution in [2.45, 2.75) is 11.3 Å². The summed E-state index contributed by atoms with van der Waals surface area (Å²) in [5.74, 6) is 5.91. The Morgan fingerprint density at radius 2 is 1.67 bits per heavy atom. The maximum atomic E-state index is 12.8. The van der Waals surface area contributed by atoms with Crippen molar-refractivity contribution in [3.05, 3.63) is 101 Å². The molecule has 0 fully saturated rings. The van der Waals surface area contributed by atoms with Gasteiger partial charge in [-0.1, -0.05) is 35.7 Å². The molecule has 4 nitrogen and oxygen atoms in total. The quantitative estimate of drug-likeness (QED) is 0.438. The summed E-state index contributed by atoms with van der Waals surface area (Å²) in [6.45, 7) is 0. The lowest BCUT2D eigenvalue weighted by Gasteiger charge is -2.07. The van der Waals surface area contributed by atoms with Crippen LogP contribution < -0.4 is 0 Å². The van der Waals surface area contributed by atoms with Gasteiger partial charge in [-0.2, -0.15) is 0 Å². The van der Waals surface area contributed by atoms with Gasteiger partial charge in [-0.25, -0.2) is 13.4 Å². The van der Waals surface area contributed by atoms with Crippen LogP contribution in [0.15, 0.2) is 84.0 Å². The van der Waals surface area contributed by atoms with Gasteiger partial charge in [-0.15, -0.1) is 0 Å². The molecule has 0 amide bonds. The molecule has 0 aliphatic rings. The van der Waals surface area contributed by atoms with Gasteiger partial charge >= 0.3 is 0 Å². The fourth-order valence-corrected chi connectivity index (χ4v) is 4.38. The molecule has 2 aromatic carbocycles. The van der Waals surface area contributed by atoms with Crippen LogP contribution in [0.4, 0.5) is 0 Å². The molecule has 0 spiro atoms. The number of hydrogen-bond acceptors (Lipinski definition) is 4. The number of fused-ring (bicyclic) bond motifs is 1. The van der Waals surface area contributed by atoms with E-state index in [1.165, 1.54) is 6.20 Å². The number of sulfone groups is 1. The van der Waals surface area contributed by atoms with Crippen LogP contribution in [-0.4, -0.2) is 24.1 Å². The second kappa shape index (κ2) is 8.66. The average Bonchev–Trinajstić information content (AvgIpc) is 2.77. The van der Waals surface area contributed by atoms with Gasteiger partial charge in [0.1, 0.15) is 5.69 Å². The number of aryl methyl sites for hydroxylation is 1. The molecule has 2 heterocycles. The predicted molar refractivity (Wildman–Crippen MR) is 119 cm³/mol. The van der Waals surface area contributed by atoms with E-state index in [9.17, 15) is 8.42 Å². The molecular weight excluding hydrogens is 416 g/mol. The monoisotopic (exact) mass is 432 g/mol. The Morgan fingerprint density at radius 3 is 2.43 bits per heavy atom. The van der Waals surface area contributed by atoms with Crippen molar-refractivity contribution < 1.29 is 8.42 Å². The summed E-state index contributed by atoms with van der Waals surface area (Å²) >= 11 is 5.86. The summed E-state index contributed by atoms with van der Waals surface area (Å²) in [6.07, 6.45) is 3.48. The predicted octanol–water partition coefficient (Wildman–Crippen LogP) is 4.70. The smallest absolute Gasteiger partial charge is 0.180 e. The van der Waals surface area contributed by atoms with Gasteiger partial charge in [0.15, 0.2) is 9.84 Å². The van der Waals surface area contributed by atoms with Crippen molar-refractivity contribution in [3.8, 4) is 11.8 Å². The van der Waals surface area contributed by atoms with Crippen molar-refractivity contribution in [3.63, 3.8) is 0 Å². The molecule has 0 N–H and O–H groups in total. The van der Waals surface area contributed by atoms with Crippen LogP contribution in [0.5, 0.6) is 0 Å². The van der Waals surface area contributed by atoms with E-state index < -0.39 is 9.84 Å². The Balaban J connectivity index is 1.48. The number of nitrogens with zero attached hydrogens (tertiary/aromatic N) is 2. The molecule has 30 heavy (non-hydrogen) atoms. The van der Waals surface area contributed by atoms with E-state index in [-0.39, 0.29) is 10.6 Å². The van der Waals surface area contributed by atoms with Crippen LogP contribution in [0, 0.1) is 11.8 Å². The topological polar surface area (TPSA) is 59.9 Å². The molecule has 4 aromatic rings. The maximum Gasteiger partial charge on any atom is 0.180 e. The van der Waals surface area contributed by atoms with Crippen molar-refractivity contribution in [2.24, 2.45) is 0 Å². The largest absolute Gasteiger partial charge is 0.256 e. The second-order valence-corrected chi connectivity index (χ2v) is 9.24. The molecule has 0 aliphatic carbocycles. The molecule has 4 rings (SSSR count). The molecule has 0 saturated carbocycles. The zero-order chi connectivity index (χ0) is 21.0. The van der Waals surface area contributed by atoms with Crippen LogP contribution in [0.3, 0.4) is 0 Å². The first-order valence-corrected chi connectivity index (χ1v) is 11.3. The van der Waals surface area contributed by atoms with Crippen molar-refractivity contribution in [1.82, 2.24) is 9.97 Å². The maximum absolute atomic E-state index is 12.8. The molecule has 2 aromatic heterocycles. The van der Waals surface area contributed by atoms with Crippen LogP contribution >= 0.6 is 11.6 Å². The lowest BCUT2D eigenvalue weighted by molar-refractivity contribution is 0.595. The third-order valence-electron chi connectivity index (χ3n) is 4.65. The minimum Gasteiger partial charge on any atom is -0.256 e. The number of hydrogen-bond donors (Lipinski definition) is 0. The summed E-state index contributed by atoms with van der Waals surface area (Å²) in [4.78, 5) is 8.71. The number of para-hydroxylation sites is 1. The molecular formula is C24H17ClN2O2S. The highest BCUT2D eigenvalue weighted by Gasteiger charge is 2.16. The number of aromatic nitrogens is 2. The first-order valence-electron chi connectivity index (χ1n) is 9.30. The molecule has 0 bridgehead atoms. The molecule has 0 radical (unpaired) electrons. The summed E-state index contributed by atoms with van der Waals surface area (Å²) < 4.78 is 25.5. The number of rotatable bonds is 4. The van der Waals surface area contributed by atoms with E-state index in [1.54, 1.807) is 30.5 Å². The first-order chi connectivity index (χ1) is 14.5. The summed E-state index contributed by atoms with van der Waals surface area (Å²) in [5.41, 5.74) is 3.13. The van der Waals surface area contributed by atoms with E-state index in [1.807, 2.05) is 42.5 Å². The minimum absolute atomic E-state index is 0.00150. The van der Waals surface area contributed by atoms with E-state index in [2.05, 4.69) is 21.8 Å². The average molecular weight is 433 g/mol. The SMILES string of the molecule is O=S(=O)(CCc1ccnc2ccccc12)c1ccc(C#Cc2ccc(Cl)cc2)nc1. The van der Waals surface area contributed by atoms with Gasteiger partial charge in [-0.3, -0.25) is 4.98 Å². The Kier molecular flexibility index (Phi) is 5.80. The van der Waals surface area contributed by atoms with Crippen molar-refractivity contribution in [1.29, 1.82) is 0 Å². The molecule has 148 valence electrons. The number of pyridine rings is 2. The lowest BCUT2D eigenvalue weighted by Crippen LogP contribution is -2.10. The Morgan fingerprint density at radius 1 is 0.867 bits per heavy atom. The Labute approximate surface area is 180 Å². The van der Waals surface area contributed by atoms with Gasteiger partial charge in [-0.05, 0) is 66.4 Å². The van der Waals surface area contributed by atoms with Gasteiger partial charge in [0, 0.05) is 28.4 Å². The lowest BCUT2D eigenvalue weighted by atomic mass is 10.1. The third kappa shape index (κ3) is 4.68. The van der Waals surface area contributed by atoms with Crippen LogP contribution in [0.25, 0.3) is 10.9 Å². The van der Waals surface area contributed by atoms with E-state index in [0.717, 1.165) is 22.0 Å². The molecule has 0 saturated heterocycles. The molecule has 6 heteroatoms. The fourth-order valence-electron chi connectivity index (χ4n) is 3.04. The number of benzene rings is 2. The van der Waals surface area contributed by atoms with E-state index in [4.69, 9.17) is 11.6 Å². The summed E-state index contributed by atoms with van der Waals surface area (Å²) in [7, 11) is -3.46. The molecule has 0 unspecified atom stereocenters. The third-order valence-corrected chi connectivity index (χ3v) is 6.61. The summed E-state index contributed by atoms with van der Waals surface area (Å²) in [5, 5.41) is 1.62. The van der Waals surface area contributed by atoms with Crippen LogP contribution in [0.1, 0.15) is 16.8 Å². The zero-order valence-electron chi connectivity index (χ0n) is 15.9. The first kappa shape index (κ1) is 20.1. The molecule has 0 aliphatic heterocycles. The van der Waals surface area contributed by atoms with E-state index in [0.29, 0.717) is 17.1 Å². The highest BCUT2D eigenvalue weighted by molar-refractivity contribution is 7.91. The van der Waals surface area contributed by atoms with Gasteiger partial charge in [0.2, 0.25) is 0 Å². The van der Waals surface area contributed by atoms with E-state index >= 15 is 0 Å². The minimum atomic E-state index is -3.46. The van der Waals surface area contributed by atoms with Crippen LogP contribution in [-0.2, 0) is 16.3 Å². The second-order valence-electron chi connectivity index (χ2n) is 6.69. The van der Waals surface area contributed by atoms with Gasteiger partial charge < -0.3 is 0 Å². The van der Waals surface area contributed by atoms with Crippen LogP contribution in [0.2, 0.25) is 5.02 Å². The summed E-state index contributed by atoms with van der Waals surface area (Å²) in [6, 6.07) is 19.9. The standard InChI is InChI=1S/C24H17ClN2O2S/c25-20-8-5-18(6-9-20)7-10-21-11-12-22(17-27-21)30(28,29)16-14-19-13-15-26-24-4-2-1-3-23(19)24/h1-6,8-9,11-13,15,17H,14,16H2. The number of halogens is 1. The van der Waals surface area contributed by atoms with Gasteiger partial charge in [0.25, 0.3) is 0 Å². The fraction of sp³-hybridized carbons (Fsp3) is 0.0833. The van der Waals surface area contributed by atoms with Crippen molar-refractivity contribution >= 4 is 32.3 Å². The highest BCUT2D eigenvalue weighted by Crippen LogP contribution is 2.19. The van der Waals surface area contributed by atoms with Gasteiger partial charge in [0.05, 0.1) is 16.2 Å². The normalized spacial score (nSPS) is 11.1. The highest BCUT2D eigenvalue weighted by atomic mass is 35.5. The zero-order valence-corrected chi connectivity index (χ0v) is 17.5. The molecule has 0 atom stereocenters. The Bertz CT molecular complexity index is 1350. The van der Waals surface area contributed by atoms with Crippen molar-refractivity contribution in [2.75, 3.05) is 5.75 Å².